The van der Waals surface area contributed by atoms with Crippen molar-refractivity contribution >= 4 is 29.1 Å². The largest absolute Gasteiger partial charge is 0.494 e. The van der Waals surface area contributed by atoms with E-state index in [4.69, 9.17) is 26.1 Å². The third kappa shape index (κ3) is 4.82. The predicted molar refractivity (Wildman–Crippen MR) is 132 cm³/mol. The van der Waals surface area contributed by atoms with Gasteiger partial charge in [0, 0.05) is 36.1 Å². The van der Waals surface area contributed by atoms with Crippen molar-refractivity contribution in [3.8, 4) is 11.4 Å². The quantitative estimate of drug-likeness (QED) is 0.341. The molecule has 2 aromatic carbocycles. The summed E-state index contributed by atoms with van der Waals surface area (Å²) in [6.07, 6.45) is 3.28. The molecule has 0 radical (unpaired) electrons. The minimum atomic E-state index is -0.650. The molecule has 0 spiro atoms. The first-order valence-electron chi connectivity index (χ1n) is 11.3. The van der Waals surface area contributed by atoms with Crippen LogP contribution in [0.5, 0.6) is 5.75 Å². The number of benzene rings is 2. The monoisotopic (exact) mass is 512 g/mol. The molecule has 36 heavy (non-hydrogen) atoms. The molecule has 4 aromatic rings. The van der Waals surface area contributed by atoms with Crippen LogP contribution in [-0.4, -0.2) is 39.8 Å². The van der Waals surface area contributed by atoms with Crippen molar-refractivity contribution in [2.24, 2.45) is 0 Å². The number of nitrogens with zero attached hydrogens (tertiary/aromatic N) is 4. The number of ether oxygens (including phenoxy) is 2. The average Bonchev–Trinajstić information content (AvgIpc) is 3.29. The molecule has 2 aromatic heterocycles. The molecule has 1 atom stereocenters. The normalized spacial score (nSPS) is 14.9. The van der Waals surface area contributed by atoms with E-state index in [2.05, 4.69) is 20.6 Å². The molecule has 3 heterocycles. The summed E-state index contributed by atoms with van der Waals surface area (Å²) >= 11 is 5.96. The highest BCUT2D eigenvalue weighted by Gasteiger charge is 2.29. The Morgan fingerprint density at radius 1 is 1.17 bits per heavy atom. The van der Waals surface area contributed by atoms with Crippen molar-refractivity contribution in [2.75, 3.05) is 30.9 Å². The Hall–Kier alpha value is -3.76. The maximum atomic E-state index is 14.0. The predicted octanol–water partition coefficient (Wildman–Crippen LogP) is 5.44. The van der Waals surface area contributed by atoms with E-state index in [0.29, 0.717) is 52.8 Å². The van der Waals surface area contributed by atoms with Gasteiger partial charge in [0.05, 0.1) is 37.6 Å². The molecule has 0 saturated heterocycles. The topological polar surface area (TPSA) is 86.1 Å². The maximum Gasteiger partial charge on any atom is 0.229 e. The summed E-state index contributed by atoms with van der Waals surface area (Å²) in [5.74, 6) is -0.244. The number of anilines is 3. The number of halogens is 3. The Morgan fingerprint density at radius 3 is 2.67 bits per heavy atom. The molecule has 1 unspecified atom stereocenters. The van der Waals surface area contributed by atoms with Crippen LogP contribution >= 0.6 is 11.6 Å². The van der Waals surface area contributed by atoms with E-state index in [0.717, 1.165) is 17.3 Å². The van der Waals surface area contributed by atoms with Crippen molar-refractivity contribution in [2.45, 2.75) is 19.4 Å². The van der Waals surface area contributed by atoms with Crippen LogP contribution in [0.25, 0.3) is 5.69 Å². The van der Waals surface area contributed by atoms with Crippen LogP contribution in [0.3, 0.4) is 0 Å². The Balaban J connectivity index is 1.53. The van der Waals surface area contributed by atoms with Gasteiger partial charge in [0.15, 0.2) is 0 Å². The first-order valence-corrected chi connectivity index (χ1v) is 11.7. The Bertz CT molecular complexity index is 1390. The summed E-state index contributed by atoms with van der Waals surface area (Å²) in [4.78, 5) is 13.4. The molecule has 1 aliphatic heterocycles. The summed E-state index contributed by atoms with van der Waals surface area (Å²) in [5.41, 5.74) is 3.30. The molecule has 0 aliphatic carbocycles. The number of hydrogen-bond donors (Lipinski definition) is 2. The number of nitrogens with one attached hydrogen (secondary N) is 2. The zero-order valence-electron chi connectivity index (χ0n) is 19.6. The van der Waals surface area contributed by atoms with Crippen molar-refractivity contribution in [3.63, 3.8) is 0 Å². The lowest BCUT2D eigenvalue weighted by Gasteiger charge is -2.27. The minimum absolute atomic E-state index is 0.244. The van der Waals surface area contributed by atoms with Gasteiger partial charge in [0.2, 0.25) is 5.95 Å². The van der Waals surface area contributed by atoms with Crippen LogP contribution in [0.4, 0.5) is 26.2 Å². The first-order chi connectivity index (χ1) is 17.4. The Kier molecular flexibility index (Phi) is 6.71. The van der Waals surface area contributed by atoms with E-state index < -0.39 is 17.6 Å². The molecule has 5 rings (SSSR count). The second kappa shape index (κ2) is 10.1. The van der Waals surface area contributed by atoms with E-state index in [9.17, 15) is 8.78 Å². The van der Waals surface area contributed by atoms with E-state index in [-0.39, 0.29) is 6.61 Å². The molecule has 8 nitrogen and oxygen atoms in total. The molecule has 2 N–H and O–H groups in total. The third-order valence-corrected chi connectivity index (χ3v) is 5.99. The van der Waals surface area contributed by atoms with Crippen LogP contribution in [0, 0.1) is 11.6 Å². The van der Waals surface area contributed by atoms with Crippen molar-refractivity contribution in [3.05, 3.63) is 82.5 Å². The van der Waals surface area contributed by atoms with Crippen LogP contribution < -0.4 is 15.4 Å². The molecule has 0 bridgehead atoms. The molecular weight excluding hydrogens is 490 g/mol. The molecule has 186 valence electrons. The number of imidazole rings is 1. The minimum Gasteiger partial charge on any atom is -0.494 e. The number of methoxy groups -OCH3 is 1. The fraction of sp³-hybridized carbons (Fsp3) is 0.240. The smallest absolute Gasteiger partial charge is 0.229 e. The van der Waals surface area contributed by atoms with Crippen LogP contribution in [0.15, 0.2) is 48.9 Å². The van der Waals surface area contributed by atoms with Gasteiger partial charge in [-0.3, -0.25) is 0 Å². The highest BCUT2D eigenvalue weighted by molar-refractivity contribution is 6.29. The molecule has 0 amide bonds. The SMILES string of the molecule is CCNc1nc(Nc2ccc(-n3cnc(Cl)c3)c(OC)c2)nc2c1COCC2c1cc(F)cc(F)c1. The highest BCUT2D eigenvalue weighted by atomic mass is 35.5. The maximum absolute atomic E-state index is 14.0. The highest BCUT2D eigenvalue weighted by Crippen LogP contribution is 2.36. The third-order valence-electron chi connectivity index (χ3n) is 5.80. The lowest BCUT2D eigenvalue weighted by Crippen LogP contribution is -2.23. The van der Waals surface area contributed by atoms with Gasteiger partial charge in [-0.1, -0.05) is 11.6 Å². The Labute approximate surface area is 211 Å². The van der Waals surface area contributed by atoms with Crippen LogP contribution in [-0.2, 0) is 11.3 Å². The van der Waals surface area contributed by atoms with E-state index in [1.807, 2.05) is 25.1 Å². The van der Waals surface area contributed by atoms with E-state index in [1.165, 1.54) is 12.1 Å². The lowest BCUT2D eigenvalue weighted by molar-refractivity contribution is 0.0977. The molecule has 1 aliphatic rings. The van der Waals surface area contributed by atoms with Crippen LogP contribution in [0.1, 0.15) is 29.7 Å². The summed E-state index contributed by atoms with van der Waals surface area (Å²) in [6.45, 7) is 3.12. The van der Waals surface area contributed by atoms with Gasteiger partial charge in [-0.15, -0.1) is 0 Å². The second-order valence-corrected chi connectivity index (χ2v) is 8.56. The van der Waals surface area contributed by atoms with Crippen molar-refractivity contribution < 1.29 is 18.3 Å². The summed E-state index contributed by atoms with van der Waals surface area (Å²) in [7, 11) is 1.57. The molecule has 0 fully saturated rings. The standard InChI is InChI=1S/C25H23ClF2N6O2/c1-3-29-24-19-12-36-11-18(14-6-15(27)8-16(28)7-14)23(19)32-25(33-24)31-17-4-5-20(21(9-17)35-2)34-10-22(26)30-13-34/h4-10,13,18H,3,11-12H2,1-2H3,(H2,29,31,32,33). The van der Waals surface area contributed by atoms with Gasteiger partial charge >= 0.3 is 0 Å². The van der Waals surface area contributed by atoms with Crippen LogP contribution in [0.2, 0.25) is 5.15 Å². The number of aromatic nitrogens is 4. The van der Waals surface area contributed by atoms with E-state index in [1.54, 1.807) is 24.2 Å². The van der Waals surface area contributed by atoms with Gasteiger partial charge in [0.1, 0.15) is 34.7 Å². The van der Waals surface area contributed by atoms with E-state index >= 15 is 0 Å². The molecule has 0 saturated carbocycles. The second-order valence-electron chi connectivity index (χ2n) is 8.18. The van der Waals surface area contributed by atoms with Gasteiger partial charge in [-0.25, -0.2) is 18.7 Å². The first kappa shape index (κ1) is 24.0. The van der Waals surface area contributed by atoms with Gasteiger partial charge in [0.25, 0.3) is 0 Å². The fourth-order valence-electron chi connectivity index (χ4n) is 4.22. The lowest BCUT2D eigenvalue weighted by atomic mass is 9.91. The number of fused-ring (bicyclic) bond motifs is 1. The number of rotatable bonds is 7. The van der Waals surface area contributed by atoms with Crippen molar-refractivity contribution in [1.29, 1.82) is 0 Å². The zero-order valence-corrected chi connectivity index (χ0v) is 20.3. The number of hydrogen-bond acceptors (Lipinski definition) is 7. The summed E-state index contributed by atoms with van der Waals surface area (Å²) in [5, 5.41) is 6.84. The zero-order chi connectivity index (χ0) is 25.2. The molecular formula is C25H23ClF2N6O2. The van der Waals surface area contributed by atoms with Gasteiger partial charge < -0.3 is 24.7 Å². The fourth-order valence-corrected chi connectivity index (χ4v) is 4.37. The van der Waals surface area contributed by atoms with Gasteiger partial charge in [-0.2, -0.15) is 4.98 Å². The average molecular weight is 513 g/mol. The summed E-state index contributed by atoms with van der Waals surface area (Å²) in [6, 6.07) is 8.97. The van der Waals surface area contributed by atoms with Gasteiger partial charge in [-0.05, 0) is 36.8 Å². The Morgan fingerprint density at radius 2 is 1.97 bits per heavy atom. The molecule has 11 heteroatoms. The summed E-state index contributed by atoms with van der Waals surface area (Å²) < 4.78 is 41.1. The van der Waals surface area contributed by atoms with Crippen molar-refractivity contribution in [1.82, 2.24) is 19.5 Å².